The van der Waals surface area contributed by atoms with Gasteiger partial charge in [-0.25, -0.2) is 9.78 Å². The summed E-state index contributed by atoms with van der Waals surface area (Å²) in [6, 6.07) is 7.79. The molecule has 152 valence electrons. The molecule has 0 fully saturated rings. The highest BCUT2D eigenvalue weighted by Crippen LogP contribution is 2.32. The van der Waals surface area contributed by atoms with Crippen LogP contribution in [0.1, 0.15) is 30.8 Å². The fraction of sp³-hybridized carbons (Fsp3) is 0.474. The SMILES string of the molecule is CSC(C)(C)c1nc(SCN(C=O)Cc2ccc(C)cc2)n(C(=O)N(C)C)n1. The molecule has 0 aliphatic rings. The number of aryl methyl sites for hydroxylation is 1. The summed E-state index contributed by atoms with van der Waals surface area (Å²) in [5.74, 6) is 0.963. The molecule has 0 unspecified atom stereocenters. The Hall–Kier alpha value is -2.00. The van der Waals surface area contributed by atoms with Crippen LogP contribution in [-0.4, -0.2) is 63.2 Å². The number of carbonyl (C=O) groups excluding carboxylic acids is 2. The van der Waals surface area contributed by atoms with E-state index >= 15 is 0 Å². The van der Waals surface area contributed by atoms with Gasteiger partial charge < -0.3 is 9.80 Å². The fourth-order valence-corrected chi connectivity index (χ4v) is 3.33. The highest BCUT2D eigenvalue weighted by molar-refractivity contribution is 7.99. The summed E-state index contributed by atoms with van der Waals surface area (Å²) in [5.41, 5.74) is 2.23. The van der Waals surface area contributed by atoms with E-state index < -0.39 is 0 Å². The molecule has 1 aromatic heterocycles. The lowest BCUT2D eigenvalue weighted by atomic mass is 10.1. The standard InChI is InChI=1S/C19H27N5O2S2/c1-14-7-9-15(10-8-14)11-23(12-25)13-28-17-20-16(19(2,3)27-6)21-24(17)18(26)22(4)5/h7-10,12H,11,13H2,1-6H3. The molecule has 0 aliphatic heterocycles. The number of rotatable bonds is 8. The predicted octanol–water partition coefficient (Wildman–Crippen LogP) is 3.42. The van der Waals surface area contributed by atoms with Gasteiger partial charge in [0.25, 0.3) is 0 Å². The highest BCUT2D eigenvalue weighted by atomic mass is 32.2. The van der Waals surface area contributed by atoms with Crippen molar-refractivity contribution in [3.63, 3.8) is 0 Å². The van der Waals surface area contributed by atoms with E-state index in [0.29, 0.717) is 23.4 Å². The van der Waals surface area contributed by atoms with Crippen molar-refractivity contribution in [1.29, 1.82) is 0 Å². The van der Waals surface area contributed by atoms with Gasteiger partial charge in [-0.2, -0.15) is 16.4 Å². The third-order valence-electron chi connectivity index (χ3n) is 4.20. The zero-order valence-electron chi connectivity index (χ0n) is 17.2. The van der Waals surface area contributed by atoms with Crippen molar-refractivity contribution >= 4 is 36.0 Å². The molecule has 7 nitrogen and oxygen atoms in total. The number of benzene rings is 1. The second-order valence-corrected chi connectivity index (χ2v) is 9.47. The lowest BCUT2D eigenvalue weighted by Crippen LogP contribution is -2.29. The van der Waals surface area contributed by atoms with Crippen molar-refractivity contribution < 1.29 is 9.59 Å². The lowest BCUT2D eigenvalue weighted by molar-refractivity contribution is -0.117. The van der Waals surface area contributed by atoms with Gasteiger partial charge in [-0.15, -0.1) is 5.10 Å². The molecule has 0 spiro atoms. The minimum atomic E-state index is -0.320. The van der Waals surface area contributed by atoms with E-state index in [1.54, 1.807) is 30.8 Å². The average Bonchev–Trinajstić information content (AvgIpc) is 3.10. The van der Waals surface area contributed by atoms with Crippen molar-refractivity contribution in [2.24, 2.45) is 0 Å². The highest BCUT2D eigenvalue weighted by Gasteiger charge is 2.28. The predicted molar refractivity (Wildman–Crippen MR) is 115 cm³/mol. The fourth-order valence-electron chi connectivity index (χ4n) is 2.23. The Labute approximate surface area is 174 Å². The first kappa shape index (κ1) is 22.3. The summed E-state index contributed by atoms with van der Waals surface area (Å²) < 4.78 is 0.992. The Morgan fingerprint density at radius 1 is 1.25 bits per heavy atom. The van der Waals surface area contributed by atoms with Crippen molar-refractivity contribution in [2.45, 2.75) is 37.2 Å². The summed E-state index contributed by atoms with van der Waals surface area (Å²) in [6.07, 6.45) is 2.80. The van der Waals surface area contributed by atoms with Crippen LogP contribution in [0.15, 0.2) is 29.4 Å². The second kappa shape index (κ2) is 9.47. The van der Waals surface area contributed by atoms with Crippen LogP contribution in [0.5, 0.6) is 0 Å². The molecule has 0 aliphatic carbocycles. The Morgan fingerprint density at radius 2 is 1.89 bits per heavy atom. The molecule has 2 amide bonds. The molecule has 2 rings (SSSR count). The summed E-state index contributed by atoms with van der Waals surface area (Å²) in [4.78, 5) is 31.7. The molecule has 0 atom stereocenters. The maximum atomic E-state index is 12.5. The van der Waals surface area contributed by atoms with E-state index in [4.69, 9.17) is 0 Å². The van der Waals surface area contributed by atoms with Gasteiger partial charge in [0.05, 0.1) is 10.6 Å². The number of thioether (sulfide) groups is 2. The monoisotopic (exact) mass is 421 g/mol. The number of aromatic nitrogens is 3. The summed E-state index contributed by atoms with van der Waals surface area (Å²) in [5, 5.41) is 4.92. The van der Waals surface area contributed by atoms with Gasteiger partial charge in [-0.1, -0.05) is 41.6 Å². The minimum Gasteiger partial charge on any atom is -0.331 e. The largest absolute Gasteiger partial charge is 0.346 e. The van der Waals surface area contributed by atoms with Crippen LogP contribution in [0, 0.1) is 6.92 Å². The number of nitrogens with zero attached hydrogens (tertiary/aromatic N) is 5. The Kier molecular flexibility index (Phi) is 7.54. The van der Waals surface area contributed by atoms with E-state index in [0.717, 1.165) is 12.0 Å². The number of amides is 2. The van der Waals surface area contributed by atoms with Crippen LogP contribution >= 0.6 is 23.5 Å². The molecular formula is C19H27N5O2S2. The molecule has 0 bridgehead atoms. The topological polar surface area (TPSA) is 71.3 Å². The van der Waals surface area contributed by atoms with Gasteiger partial charge in [-0.3, -0.25) is 4.79 Å². The first-order valence-electron chi connectivity index (χ1n) is 8.80. The minimum absolute atomic E-state index is 0.269. The van der Waals surface area contributed by atoms with Crippen LogP contribution in [0.25, 0.3) is 0 Å². The molecule has 1 aromatic carbocycles. The van der Waals surface area contributed by atoms with Gasteiger partial charge >= 0.3 is 6.03 Å². The van der Waals surface area contributed by atoms with Gasteiger partial charge in [-0.05, 0) is 32.6 Å². The van der Waals surface area contributed by atoms with Gasteiger partial charge in [0.15, 0.2) is 11.0 Å². The summed E-state index contributed by atoms with van der Waals surface area (Å²) in [6.45, 7) is 6.55. The lowest BCUT2D eigenvalue weighted by Gasteiger charge is -2.17. The third-order valence-corrected chi connectivity index (χ3v) is 6.39. The third kappa shape index (κ3) is 5.51. The Balaban J connectivity index is 2.19. The number of carbonyl (C=O) groups is 2. The number of hydrogen-bond donors (Lipinski definition) is 0. The summed E-state index contributed by atoms with van der Waals surface area (Å²) >= 11 is 2.94. The molecule has 0 saturated heterocycles. The van der Waals surface area contributed by atoms with Crippen LogP contribution in [0.2, 0.25) is 0 Å². The first-order valence-corrected chi connectivity index (χ1v) is 11.0. The molecule has 0 saturated carbocycles. The zero-order valence-corrected chi connectivity index (χ0v) is 18.8. The quantitative estimate of drug-likeness (QED) is 0.369. The maximum Gasteiger partial charge on any atom is 0.346 e. The van der Waals surface area contributed by atoms with Gasteiger partial charge in [0.1, 0.15) is 0 Å². The Morgan fingerprint density at radius 3 is 2.43 bits per heavy atom. The van der Waals surface area contributed by atoms with E-state index in [1.807, 2.05) is 51.3 Å². The van der Waals surface area contributed by atoms with Crippen molar-refractivity contribution in [3.8, 4) is 0 Å². The molecule has 28 heavy (non-hydrogen) atoms. The zero-order chi connectivity index (χ0) is 20.9. The molecule has 2 aromatic rings. The van der Waals surface area contributed by atoms with E-state index in [1.165, 1.54) is 26.9 Å². The van der Waals surface area contributed by atoms with Crippen molar-refractivity contribution in [3.05, 3.63) is 41.2 Å². The average molecular weight is 422 g/mol. The van der Waals surface area contributed by atoms with Crippen LogP contribution in [0.4, 0.5) is 4.79 Å². The smallest absolute Gasteiger partial charge is 0.331 e. The number of hydrogen-bond acceptors (Lipinski definition) is 6. The maximum absolute atomic E-state index is 12.5. The molecule has 0 N–H and O–H groups in total. The van der Waals surface area contributed by atoms with Crippen molar-refractivity contribution in [2.75, 3.05) is 26.2 Å². The van der Waals surface area contributed by atoms with Crippen LogP contribution in [0.3, 0.4) is 0 Å². The summed E-state index contributed by atoms with van der Waals surface area (Å²) in [7, 11) is 3.35. The normalized spacial score (nSPS) is 11.4. The van der Waals surface area contributed by atoms with E-state index in [-0.39, 0.29) is 10.8 Å². The van der Waals surface area contributed by atoms with Crippen molar-refractivity contribution in [1.82, 2.24) is 24.6 Å². The van der Waals surface area contributed by atoms with Crippen LogP contribution < -0.4 is 0 Å². The molecular weight excluding hydrogens is 394 g/mol. The molecule has 9 heteroatoms. The van der Waals surface area contributed by atoms with E-state index in [9.17, 15) is 9.59 Å². The van der Waals surface area contributed by atoms with Crippen LogP contribution in [-0.2, 0) is 16.1 Å². The first-order chi connectivity index (χ1) is 13.2. The molecule has 1 heterocycles. The van der Waals surface area contributed by atoms with Gasteiger partial charge in [0.2, 0.25) is 6.41 Å². The van der Waals surface area contributed by atoms with Gasteiger partial charge in [0, 0.05) is 20.6 Å². The second-order valence-electron chi connectivity index (χ2n) is 7.13. The van der Waals surface area contributed by atoms with E-state index in [2.05, 4.69) is 10.1 Å². The Bertz CT molecular complexity index is 818. The molecule has 0 radical (unpaired) electrons.